The average Bonchev–Trinajstić information content (AvgIpc) is 3.17. The number of amides is 1. The second-order valence-electron chi connectivity index (χ2n) is 9.09. The number of nitrogens with zero attached hydrogens (tertiary/aromatic N) is 1. The molecule has 3 aromatic carbocycles. The third-order valence-electron chi connectivity index (χ3n) is 6.49. The number of hydrogen-bond donors (Lipinski definition) is 0. The van der Waals surface area contributed by atoms with Crippen molar-refractivity contribution in [1.29, 1.82) is 0 Å². The van der Waals surface area contributed by atoms with Crippen LogP contribution in [0.2, 0.25) is 0 Å². The van der Waals surface area contributed by atoms with Gasteiger partial charge in [-0.1, -0.05) is 78.4 Å². The Kier molecular flexibility index (Phi) is 8.41. The number of esters is 1. The fourth-order valence-electron chi connectivity index (χ4n) is 4.67. The Balaban J connectivity index is 1.73. The van der Waals surface area contributed by atoms with Crippen molar-refractivity contribution >= 4 is 21.7 Å². The zero-order valence-corrected chi connectivity index (χ0v) is 21.8. The van der Waals surface area contributed by atoms with Gasteiger partial charge in [0.1, 0.15) is 6.04 Å². The van der Waals surface area contributed by atoms with Crippen LogP contribution in [0.4, 0.5) is 0 Å². The summed E-state index contributed by atoms with van der Waals surface area (Å²) >= 11 is 0. The van der Waals surface area contributed by atoms with Gasteiger partial charge in [0.15, 0.2) is 15.1 Å². The topological polar surface area (TPSA) is 90.0 Å². The molecule has 0 saturated carbocycles. The second-order valence-corrected chi connectivity index (χ2v) is 11.2. The predicted molar refractivity (Wildman–Crippen MR) is 139 cm³/mol. The van der Waals surface area contributed by atoms with Crippen molar-refractivity contribution in [3.63, 3.8) is 0 Å². The molecule has 7 nitrogen and oxygen atoms in total. The van der Waals surface area contributed by atoms with E-state index in [2.05, 4.69) is 0 Å². The molecule has 0 unspecified atom stereocenters. The number of carbonyl (C=O) groups excluding carboxylic acids is 2. The van der Waals surface area contributed by atoms with Crippen LogP contribution in [-0.4, -0.2) is 49.7 Å². The van der Waals surface area contributed by atoms with Gasteiger partial charge >= 0.3 is 5.97 Å². The maximum absolute atomic E-state index is 13.9. The number of aryl methyl sites for hydroxylation is 1. The van der Waals surface area contributed by atoms with E-state index in [9.17, 15) is 18.0 Å². The first-order valence-corrected chi connectivity index (χ1v) is 13.8. The maximum atomic E-state index is 13.9. The normalized spacial score (nSPS) is 19.7. The minimum atomic E-state index is -4.13. The Bertz CT molecular complexity index is 1310. The fraction of sp³-hybridized carbons (Fsp3) is 0.310. The molecule has 1 aliphatic heterocycles. The molecule has 1 aliphatic rings. The van der Waals surface area contributed by atoms with Crippen molar-refractivity contribution in [1.82, 2.24) is 4.90 Å². The van der Waals surface area contributed by atoms with E-state index in [0.717, 1.165) is 16.7 Å². The summed E-state index contributed by atoms with van der Waals surface area (Å²) in [5.41, 5.74) is 2.58. The number of ether oxygens (including phenoxy) is 2. The van der Waals surface area contributed by atoms with Crippen LogP contribution in [0.15, 0.2) is 89.8 Å². The molecule has 37 heavy (non-hydrogen) atoms. The van der Waals surface area contributed by atoms with Crippen LogP contribution in [0, 0.1) is 12.8 Å². The lowest BCUT2D eigenvalue weighted by Crippen LogP contribution is -2.43. The lowest BCUT2D eigenvalue weighted by molar-refractivity contribution is -0.153. The Morgan fingerprint density at radius 1 is 0.892 bits per heavy atom. The summed E-state index contributed by atoms with van der Waals surface area (Å²) in [4.78, 5) is 28.4. The van der Waals surface area contributed by atoms with E-state index < -0.39 is 38.9 Å². The molecule has 1 amide bonds. The summed E-state index contributed by atoms with van der Waals surface area (Å²) in [6, 6.07) is 23.9. The third-order valence-corrected chi connectivity index (χ3v) is 8.64. The third kappa shape index (κ3) is 5.92. The van der Waals surface area contributed by atoms with Crippen molar-refractivity contribution in [2.75, 3.05) is 13.2 Å². The van der Waals surface area contributed by atoms with Crippen molar-refractivity contribution < 1.29 is 27.5 Å². The van der Waals surface area contributed by atoms with Crippen LogP contribution < -0.4 is 0 Å². The van der Waals surface area contributed by atoms with Crippen molar-refractivity contribution in [3.05, 3.63) is 102 Å². The number of hydrogen-bond acceptors (Lipinski definition) is 6. The monoisotopic (exact) mass is 521 g/mol. The van der Waals surface area contributed by atoms with Gasteiger partial charge in [-0.05, 0) is 37.1 Å². The van der Waals surface area contributed by atoms with Gasteiger partial charge < -0.3 is 14.4 Å². The van der Waals surface area contributed by atoms with Crippen LogP contribution in [0.3, 0.4) is 0 Å². The summed E-state index contributed by atoms with van der Waals surface area (Å²) in [6.07, 6.45) is 0. The van der Waals surface area contributed by atoms with Gasteiger partial charge in [0.25, 0.3) is 0 Å². The first-order valence-electron chi connectivity index (χ1n) is 12.3. The lowest BCUT2D eigenvalue weighted by atomic mass is 10.0. The smallest absolute Gasteiger partial charge is 0.329 e. The molecule has 0 aromatic heterocycles. The molecule has 1 heterocycles. The number of sulfone groups is 1. The van der Waals surface area contributed by atoms with E-state index in [0.29, 0.717) is 0 Å². The zero-order valence-electron chi connectivity index (χ0n) is 20.9. The number of likely N-dealkylation sites (tertiary alicyclic amines) is 1. The van der Waals surface area contributed by atoms with Gasteiger partial charge in [-0.25, -0.2) is 13.2 Å². The highest BCUT2D eigenvalue weighted by Crippen LogP contribution is 2.36. The maximum Gasteiger partial charge on any atom is 0.329 e. The van der Waals surface area contributed by atoms with Crippen molar-refractivity contribution in [2.24, 2.45) is 5.92 Å². The molecular formula is C29H31NO6S. The molecule has 3 atom stereocenters. The molecule has 4 rings (SSSR count). The van der Waals surface area contributed by atoms with Gasteiger partial charge in [0, 0.05) is 12.5 Å². The molecule has 0 bridgehead atoms. The van der Waals surface area contributed by atoms with Crippen LogP contribution in [0.25, 0.3) is 0 Å². The van der Waals surface area contributed by atoms with Gasteiger partial charge in [0.2, 0.25) is 5.91 Å². The Morgan fingerprint density at radius 3 is 2.08 bits per heavy atom. The van der Waals surface area contributed by atoms with E-state index >= 15 is 0 Å². The predicted octanol–water partition coefficient (Wildman–Crippen LogP) is 3.94. The highest BCUT2D eigenvalue weighted by Gasteiger charge is 2.57. The summed E-state index contributed by atoms with van der Waals surface area (Å²) < 4.78 is 39.0. The van der Waals surface area contributed by atoms with Crippen LogP contribution in [0.5, 0.6) is 0 Å². The van der Waals surface area contributed by atoms with E-state index in [4.69, 9.17) is 9.47 Å². The zero-order chi connectivity index (χ0) is 26.4. The Labute approximate surface area is 217 Å². The largest absolute Gasteiger partial charge is 0.464 e. The van der Waals surface area contributed by atoms with Gasteiger partial charge in [-0.2, -0.15) is 0 Å². The highest BCUT2D eigenvalue weighted by atomic mass is 32.2. The van der Waals surface area contributed by atoms with Gasteiger partial charge in [-0.3, -0.25) is 4.79 Å². The van der Waals surface area contributed by atoms with Crippen molar-refractivity contribution in [2.45, 2.75) is 43.2 Å². The summed E-state index contributed by atoms with van der Waals surface area (Å²) in [5.74, 6) is -2.22. The first-order chi connectivity index (χ1) is 17.8. The second kappa shape index (κ2) is 11.7. The van der Waals surface area contributed by atoms with Gasteiger partial charge in [0.05, 0.1) is 24.7 Å². The minimum absolute atomic E-state index is 0.0358. The minimum Gasteiger partial charge on any atom is -0.464 e. The summed E-state index contributed by atoms with van der Waals surface area (Å²) in [7, 11) is -4.13. The Hall–Kier alpha value is -3.49. The van der Waals surface area contributed by atoms with E-state index in [1.165, 1.54) is 17.0 Å². The molecule has 0 spiro atoms. The molecule has 0 N–H and O–H groups in total. The first kappa shape index (κ1) is 26.6. The Morgan fingerprint density at radius 2 is 1.49 bits per heavy atom. The summed E-state index contributed by atoms with van der Waals surface area (Å²) in [5, 5.41) is -1.48. The molecule has 0 radical (unpaired) electrons. The SMILES string of the molecule is CCOC(=O)[C@@H]1[C@@H](COCc2ccccc2)[C@H](S(=O)(=O)c2ccc(C)cc2)C(=O)N1Cc1ccccc1. The average molecular weight is 522 g/mol. The molecular weight excluding hydrogens is 490 g/mol. The molecule has 0 aliphatic carbocycles. The lowest BCUT2D eigenvalue weighted by Gasteiger charge is -2.26. The van der Waals surface area contributed by atoms with E-state index in [-0.39, 0.29) is 31.3 Å². The van der Waals surface area contributed by atoms with Gasteiger partial charge in [-0.15, -0.1) is 0 Å². The fourth-order valence-corrected chi connectivity index (χ4v) is 6.57. The quantitative estimate of drug-likeness (QED) is 0.376. The number of benzene rings is 3. The highest BCUT2D eigenvalue weighted by molar-refractivity contribution is 7.92. The van der Waals surface area contributed by atoms with Crippen molar-refractivity contribution in [3.8, 4) is 0 Å². The van der Waals surface area contributed by atoms with Crippen LogP contribution >= 0.6 is 0 Å². The van der Waals surface area contributed by atoms with E-state index in [1.807, 2.05) is 67.6 Å². The van der Waals surface area contributed by atoms with Crippen LogP contribution in [0.1, 0.15) is 23.6 Å². The van der Waals surface area contributed by atoms with E-state index in [1.54, 1.807) is 19.1 Å². The molecule has 8 heteroatoms. The standard InChI is InChI=1S/C29H31NO6S/c1-3-36-29(32)26-25(20-35-19-23-12-8-5-9-13-23)27(37(33,34)24-16-14-21(2)15-17-24)28(31)30(26)18-22-10-6-4-7-11-22/h4-17,25-27H,3,18-20H2,1-2H3/t25-,26+,27+/m1/s1. The molecule has 3 aromatic rings. The molecule has 194 valence electrons. The molecule has 1 fully saturated rings. The van der Waals surface area contributed by atoms with Crippen LogP contribution in [-0.2, 0) is 42.1 Å². The number of carbonyl (C=O) groups is 2. The number of rotatable bonds is 10. The summed E-state index contributed by atoms with van der Waals surface area (Å²) in [6.45, 7) is 3.84. The molecule has 1 saturated heterocycles.